The number of fused-ring (bicyclic) bond motifs is 1. The Morgan fingerprint density at radius 2 is 2.14 bits per heavy atom. The maximum absolute atomic E-state index is 13.3. The minimum Gasteiger partial charge on any atom is -0.493 e. The van der Waals surface area contributed by atoms with Crippen LogP contribution in [0.5, 0.6) is 5.75 Å². The summed E-state index contributed by atoms with van der Waals surface area (Å²) in [5.41, 5.74) is 1.15. The Hall–Kier alpha value is -3.20. The summed E-state index contributed by atoms with van der Waals surface area (Å²) in [6, 6.07) is 2.88. The maximum Gasteiger partial charge on any atom is 0.179 e. The van der Waals surface area contributed by atoms with Gasteiger partial charge in [0.1, 0.15) is 17.3 Å². The topological polar surface area (TPSA) is 112 Å². The predicted octanol–water partition coefficient (Wildman–Crippen LogP) is 2.18. The van der Waals surface area contributed by atoms with Crippen molar-refractivity contribution in [1.82, 2.24) is 29.9 Å². The molecule has 37 heavy (non-hydrogen) atoms. The van der Waals surface area contributed by atoms with E-state index in [2.05, 4.69) is 33.4 Å². The van der Waals surface area contributed by atoms with Gasteiger partial charge in [0.15, 0.2) is 18.0 Å². The summed E-state index contributed by atoms with van der Waals surface area (Å²) in [5, 5.41) is 27.2. The molecule has 0 bridgehead atoms. The van der Waals surface area contributed by atoms with Crippen LogP contribution < -0.4 is 10.1 Å². The number of hydrogen-bond donors (Lipinski definition) is 2. The van der Waals surface area contributed by atoms with E-state index in [1.807, 2.05) is 10.8 Å². The van der Waals surface area contributed by atoms with E-state index in [1.54, 1.807) is 18.2 Å². The van der Waals surface area contributed by atoms with Crippen molar-refractivity contribution in [3.05, 3.63) is 47.8 Å². The number of rotatable bonds is 14. The molecule has 0 aromatic carbocycles. The van der Waals surface area contributed by atoms with E-state index in [4.69, 9.17) is 14.7 Å². The Morgan fingerprint density at radius 3 is 2.81 bits per heavy atom. The van der Waals surface area contributed by atoms with E-state index < -0.39 is 11.9 Å². The Labute approximate surface area is 217 Å². The summed E-state index contributed by atoms with van der Waals surface area (Å²) in [7, 11) is 1.59. The van der Waals surface area contributed by atoms with Crippen LogP contribution in [0.4, 0.5) is 4.39 Å². The van der Waals surface area contributed by atoms with E-state index >= 15 is 0 Å². The van der Waals surface area contributed by atoms with Gasteiger partial charge in [0, 0.05) is 45.2 Å². The molecule has 4 heterocycles. The van der Waals surface area contributed by atoms with Gasteiger partial charge in [-0.1, -0.05) is 6.92 Å². The molecule has 200 valence electrons. The van der Waals surface area contributed by atoms with Gasteiger partial charge in [-0.2, -0.15) is 10.4 Å². The zero-order valence-electron chi connectivity index (χ0n) is 21.5. The fraction of sp³-hybridized carbons (Fsp3) is 0.577. The van der Waals surface area contributed by atoms with Crippen molar-refractivity contribution >= 4 is 5.76 Å². The lowest BCUT2D eigenvalue weighted by Crippen LogP contribution is -2.50. The SMILES string of the molecule is CCCNCCN(CC1CN(C#N)C1)CC1CC=C(OC(CO)c2ccc(F)cn2)c2c(OC)cnn21. The molecular weight excluding hydrogens is 477 g/mol. The number of pyridine rings is 1. The molecule has 2 aromatic heterocycles. The zero-order valence-corrected chi connectivity index (χ0v) is 21.5. The maximum atomic E-state index is 13.3. The molecule has 2 N–H and O–H groups in total. The molecule has 2 aromatic rings. The minimum absolute atomic E-state index is 0.0705. The van der Waals surface area contributed by atoms with Gasteiger partial charge in [-0.25, -0.2) is 4.39 Å². The minimum atomic E-state index is -0.751. The van der Waals surface area contributed by atoms with Gasteiger partial charge < -0.3 is 24.8 Å². The van der Waals surface area contributed by atoms with Crippen molar-refractivity contribution in [3.8, 4) is 11.9 Å². The second kappa shape index (κ2) is 12.9. The van der Waals surface area contributed by atoms with Gasteiger partial charge in [-0.15, -0.1) is 0 Å². The monoisotopic (exact) mass is 513 g/mol. The third-order valence-corrected chi connectivity index (χ3v) is 6.77. The normalized spacial score (nSPS) is 18.1. The van der Waals surface area contributed by atoms with Crippen molar-refractivity contribution in [2.75, 3.05) is 59.5 Å². The van der Waals surface area contributed by atoms with Crippen molar-refractivity contribution in [3.63, 3.8) is 0 Å². The standard InChI is InChI=1S/C26H36FN7O3/c1-3-8-29-9-10-32(13-19-14-33(15-19)18-28)16-21-5-7-23(26-24(36-2)12-31-34(21)26)37-25(17-35)22-6-4-20(27)11-30-22/h4,6-7,11-12,19,21,25,29,35H,3,5,8-10,13-17H2,1-2H3. The molecule has 2 unspecified atom stereocenters. The van der Waals surface area contributed by atoms with Crippen LogP contribution in [0.25, 0.3) is 5.76 Å². The second-order valence-corrected chi connectivity index (χ2v) is 9.53. The number of halogens is 1. The molecular formula is C26H36FN7O3. The summed E-state index contributed by atoms with van der Waals surface area (Å²) in [5.74, 6) is 1.16. The van der Waals surface area contributed by atoms with Crippen LogP contribution in [0, 0.1) is 23.2 Å². The first kappa shape index (κ1) is 26.9. The van der Waals surface area contributed by atoms with Gasteiger partial charge in [0.05, 0.1) is 37.8 Å². The van der Waals surface area contributed by atoms with Gasteiger partial charge in [-0.3, -0.25) is 14.6 Å². The number of aromatic nitrogens is 3. The molecule has 2 aliphatic rings. The van der Waals surface area contributed by atoms with Gasteiger partial charge in [-0.05, 0) is 37.6 Å². The van der Waals surface area contributed by atoms with Crippen LogP contribution in [-0.2, 0) is 4.74 Å². The first-order valence-corrected chi connectivity index (χ1v) is 12.8. The predicted molar refractivity (Wildman–Crippen MR) is 136 cm³/mol. The van der Waals surface area contributed by atoms with Crippen LogP contribution >= 0.6 is 0 Å². The molecule has 10 nitrogen and oxygen atoms in total. The number of hydrogen-bond acceptors (Lipinski definition) is 9. The van der Waals surface area contributed by atoms with Gasteiger partial charge in [0.25, 0.3) is 0 Å². The second-order valence-electron chi connectivity index (χ2n) is 9.53. The molecule has 0 saturated carbocycles. The molecule has 0 radical (unpaired) electrons. The third kappa shape index (κ3) is 6.57. The highest BCUT2D eigenvalue weighted by Crippen LogP contribution is 2.37. The number of likely N-dealkylation sites (tertiary alicyclic amines) is 1. The molecule has 2 atom stereocenters. The Bertz CT molecular complexity index is 1080. The van der Waals surface area contributed by atoms with Gasteiger partial charge in [0.2, 0.25) is 0 Å². The Balaban J connectivity index is 1.49. The summed E-state index contributed by atoms with van der Waals surface area (Å²) in [6.07, 6.45) is 8.05. The number of allylic oxidation sites excluding steroid dienone is 1. The number of aliphatic hydroxyl groups is 1. The number of nitrogens with one attached hydrogen (secondary N) is 1. The van der Waals surface area contributed by atoms with Crippen molar-refractivity contribution < 1.29 is 19.0 Å². The molecule has 1 fully saturated rings. The van der Waals surface area contributed by atoms with E-state index in [1.165, 1.54) is 12.1 Å². The highest BCUT2D eigenvalue weighted by Gasteiger charge is 2.32. The van der Waals surface area contributed by atoms with Crippen molar-refractivity contribution in [2.24, 2.45) is 5.92 Å². The van der Waals surface area contributed by atoms with E-state index in [0.29, 0.717) is 35.2 Å². The Morgan fingerprint density at radius 1 is 1.30 bits per heavy atom. The number of nitrogens with zero attached hydrogens (tertiary/aromatic N) is 6. The lowest BCUT2D eigenvalue weighted by atomic mass is 9.99. The van der Waals surface area contributed by atoms with Crippen LogP contribution in [0.15, 0.2) is 30.6 Å². The lowest BCUT2D eigenvalue weighted by molar-refractivity contribution is 0.0840. The summed E-state index contributed by atoms with van der Waals surface area (Å²) >= 11 is 0. The van der Waals surface area contributed by atoms with Crippen LogP contribution in [0.1, 0.15) is 43.3 Å². The number of nitriles is 1. The summed E-state index contributed by atoms with van der Waals surface area (Å²) in [6.45, 7) is 7.97. The van der Waals surface area contributed by atoms with E-state index in [0.717, 1.165) is 58.4 Å². The number of aliphatic hydroxyl groups excluding tert-OH is 1. The van der Waals surface area contributed by atoms with Crippen LogP contribution in [0.3, 0.4) is 0 Å². The van der Waals surface area contributed by atoms with E-state index in [-0.39, 0.29) is 12.6 Å². The fourth-order valence-electron chi connectivity index (χ4n) is 4.85. The van der Waals surface area contributed by atoms with E-state index in [9.17, 15) is 9.50 Å². The molecule has 4 rings (SSSR count). The number of ether oxygens (including phenoxy) is 2. The smallest absolute Gasteiger partial charge is 0.179 e. The van der Waals surface area contributed by atoms with Crippen LogP contribution in [0.2, 0.25) is 0 Å². The average molecular weight is 514 g/mol. The van der Waals surface area contributed by atoms with Crippen molar-refractivity contribution in [2.45, 2.75) is 31.9 Å². The Kier molecular flexibility index (Phi) is 9.33. The molecule has 1 saturated heterocycles. The first-order chi connectivity index (χ1) is 18.1. The first-order valence-electron chi connectivity index (χ1n) is 12.8. The van der Waals surface area contributed by atoms with Crippen LogP contribution in [-0.4, -0.2) is 89.2 Å². The third-order valence-electron chi connectivity index (χ3n) is 6.77. The lowest BCUT2D eigenvalue weighted by Gasteiger charge is -2.39. The highest BCUT2D eigenvalue weighted by atomic mass is 19.1. The largest absolute Gasteiger partial charge is 0.493 e. The highest BCUT2D eigenvalue weighted by molar-refractivity contribution is 5.64. The molecule has 2 aliphatic heterocycles. The molecule has 0 spiro atoms. The molecule has 11 heteroatoms. The zero-order chi connectivity index (χ0) is 26.2. The van der Waals surface area contributed by atoms with Gasteiger partial charge >= 0.3 is 0 Å². The molecule has 0 amide bonds. The fourth-order valence-corrected chi connectivity index (χ4v) is 4.85. The number of methoxy groups -OCH3 is 1. The van der Waals surface area contributed by atoms with Crippen molar-refractivity contribution in [1.29, 1.82) is 5.26 Å². The summed E-state index contributed by atoms with van der Waals surface area (Å²) in [4.78, 5) is 8.31. The molecule has 0 aliphatic carbocycles. The average Bonchev–Trinajstić information content (AvgIpc) is 3.33. The quantitative estimate of drug-likeness (QED) is 0.290. The summed E-state index contributed by atoms with van der Waals surface area (Å²) < 4.78 is 27.1.